The van der Waals surface area contributed by atoms with Gasteiger partial charge in [-0.3, -0.25) is 4.79 Å². The summed E-state index contributed by atoms with van der Waals surface area (Å²) in [4.78, 5) is 14.9. The van der Waals surface area contributed by atoms with Crippen LogP contribution in [0, 0.1) is 5.95 Å². The molecule has 1 aromatic rings. The molecule has 0 saturated carbocycles. The van der Waals surface area contributed by atoms with Crippen LogP contribution in [-0.4, -0.2) is 30.1 Å². The van der Waals surface area contributed by atoms with Crippen molar-refractivity contribution in [3.8, 4) is 0 Å². The van der Waals surface area contributed by atoms with Gasteiger partial charge in [-0.1, -0.05) is 0 Å². The van der Waals surface area contributed by atoms with Gasteiger partial charge in [-0.15, -0.1) is 0 Å². The molecule has 1 heterocycles. The minimum atomic E-state index is -0.652. The van der Waals surface area contributed by atoms with Crippen LogP contribution in [0.3, 0.4) is 0 Å². The number of hydrogen-bond donors (Lipinski definition) is 1. The molecule has 1 amide bonds. The normalized spacial score (nSPS) is 10.6. The van der Waals surface area contributed by atoms with E-state index in [0.717, 1.165) is 12.5 Å². The van der Waals surface area contributed by atoms with Gasteiger partial charge < -0.3 is 10.1 Å². The number of rotatable bonds is 6. The predicted octanol–water partition coefficient (Wildman–Crippen LogP) is 1.77. The average Bonchev–Trinajstić information content (AvgIpc) is 2.28. The summed E-state index contributed by atoms with van der Waals surface area (Å²) in [6, 6.07) is 2.59. The molecule has 5 heteroatoms. The highest BCUT2D eigenvalue weighted by Gasteiger charge is 2.05. The van der Waals surface area contributed by atoms with E-state index in [9.17, 15) is 9.18 Å². The third-order valence-corrected chi connectivity index (χ3v) is 2.05. The van der Waals surface area contributed by atoms with Gasteiger partial charge in [0, 0.05) is 31.0 Å². The van der Waals surface area contributed by atoms with Crippen molar-refractivity contribution in [3.63, 3.8) is 0 Å². The molecule has 0 aliphatic rings. The Labute approximate surface area is 100 Å². The largest absolute Gasteiger partial charge is 0.379 e. The van der Waals surface area contributed by atoms with Gasteiger partial charge in [0.15, 0.2) is 0 Å². The predicted molar refractivity (Wildman–Crippen MR) is 62.2 cm³/mol. The van der Waals surface area contributed by atoms with Gasteiger partial charge >= 0.3 is 0 Å². The molecule has 1 N–H and O–H groups in total. The average molecular weight is 240 g/mol. The van der Waals surface area contributed by atoms with Gasteiger partial charge in [0.1, 0.15) is 0 Å². The van der Waals surface area contributed by atoms with Crippen molar-refractivity contribution in [1.29, 1.82) is 0 Å². The highest BCUT2D eigenvalue weighted by Crippen LogP contribution is 2.00. The van der Waals surface area contributed by atoms with Crippen LogP contribution in [0.25, 0.3) is 0 Å². The van der Waals surface area contributed by atoms with E-state index in [1.807, 2.05) is 13.8 Å². The lowest BCUT2D eigenvalue weighted by atomic mass is 10.2. The summed E-state index contributed by atoms with van der Waals surface area (Å²) in [7, 11) is 0. The van der Waals surface area contributed by atoms with E-state index < -0.39 is 5.95 Å². The van der Waals surface area contributed by atoms with Gasteiger partial charge in [0.25, 0.3) is 5.91 Å². The molecular weight excluding hydrogens is 223 g/mol. The molecule has 1 aromatic heterocycles. The maximum absolute atomic E-state index is 12.7. The lowest BCUT2D eigenvalue weighted by molar-refractivity contribution is 0.0757. The number of carbonyl (C=O) groups excluding carboxylic acids is 1. The second-order valence-electron chi connectivity index (χ2n) is 3.90. The monoisotopic (exact) mass is 240 g/mol. The van der Waals surface area contributed by atoms with Crippen molar-refractivity contribution in [3.05, 3.63) is 29.8 Å². The number of carbonyl (C=O) groups is 1. The lowest BCUT2D eigenvalue weighted by Crippen LogP contribution is -2.25. The van der Waals surface area contributed by atoms with Crippen LogP contribution in [0.2, 0.25) is 0 Å². The lowest BCUT2D eigenvalue weighted by Gasteiger charge is -2.08. The van der Waals surface area contributed by atoms with Gasteiger partial charge in [0.2, 0.25) is 5.95 Å². The van der Waals surface area contributed by atoms with Crippen molar-refractivity contribution in [2.45, 2.75) is 26.4 Å². The molecule has 0 aliphatic carbocycles. The molecule has 1 rings (SSSR count). The highest BCUT2D eigenvalue weighted by atomic mass is 19.1. The number of aromatic nitrogens is 1. The summed E-state index contributed by atoms with van der Waals surface area (Å²) in [6.45, 7) is 5.02. The van der Waals surface area contributed by atoms with Crippen molar-refractivity contribution in [2.24, 2.45) is 0 Å². The molecule has 0 bridgehead atoms. The number of hydrogen-bond acceptors (Lipinski definition) is 3. The van der Waals surface area contributed by atoms with Gasteiger partial charge in [-0.2, -0.15) is 4.39 Å². The van der Waals surface area contributed by atoms with Crippen molar-refractivity contribution >= 4 is 5.91 Å². The molecule has 0 aliphatic heterocycles. The fourth-order valence-electron chi connectivity index (χ4n) is 1.24. The molecule has 17 heavy (non-hydrogen) atoms. The van der Waals surface area contributed by atoms with Gasteiger partial charge in [-0.25, -0.2) is 4.98 Å². The first-order chi connectivity index (χ1) is 8.09. The molecule has 0 radical (unpaired) electrons. The second-order valence-corrected chi connectivity index (χ2v) is 3.90. The Bertz CT molecular complexity index is 369. The van der Waals surface area contributed by atoms with Crippen molar-refractivity contribution in [1.82, 2.24) is 10.3 Å². The van der Waals surface area contributed by atoms with Crippen LogP contribution in [0.1, 0.15) is 30.6 Å². The number of ether oxygens (including phenoxy) is 1. The first-order valence-electron chi connectivity index (χ1n) is 5.61. The molecule has 0 saturated heterocycles. The van der Waals surface area contributed by atoms with Gasteiger partial charge in [-0.05, 0) is 26.3 Å². The number of nitrogens with one attached hydrogen (secondary N) is 1. The number of pyridine rings is 1. The fraction of sp³-hybridized carbons (Fsp3) is 0.500. The van der Waals surface area contributed by atoms with Crippen LogP contribution in [0.15, 0.2) is 18.3 Å². The third-order valence-electron chi connectivity index (χ3n) is 2.05. The Morgan fingerprint density at radius 3 is 3.00 bits per heavy atom. The number of halogens is 1. The van der Waals surface area contributed by atoms with Crippen LogP contribution in [0.4, 0.5) is 4.39 Å². The zero-order valence-electron chi connectivity index (χ0n) is 10.1. The van der Waals surface area contributed by atoms with E-state index in [1.54, 1.807) is 0 Å². The summed E-state index contributed by atoms with van der Waals surface area (Å²) < 4.78 is 18.1. The first-order valence-corrected chi connectivity index (χ1v) is 5.61. The topological polar surface area (TPSA) is 51.2 Å². The van der Waals surface area contributed by atoms with Crippen LogP contribution < -0.4 is 5.32 Å². The zero-order chi connectivity index (χ0) is 12.7. The van der Waals surface area contributed by atoms with E-state index >= 15 is 0 Å². The Kier molecular flexibility index (Phi) is 5.56. The Morgan fingerprint density at radius 2 is 2.35 bits per heavy atom. The van der Waals surface area contributed by atoms with Crippen LogP contribution in [-0.2, 0) is 4.74 Å². The van der Waals surface area contributed by atoms with E-state index in [1.165, 1.54) is 12.3 Å². The molecular formula is C12H17FN2O2. The molecule has 0 atom stereocenters. The Hall–Kier alpha value is -1.49. The molecule has 94 valence electrons. The summed E-state index contributed by atoms with van der Waals surface area (Å²) in [5.41, 5.74) is 0.280. The quantitative estimate of drug-likeness (QED) is 0.609. The van der Waals surface area contributed by atoms with Crippen molar-refractivity contribution in [2.75, 3.05) is 13.2 Å². The Balaban J connectivity index is 2.26. The maximum atomic E-state index is 12.7. The molecule has 4 nitrogen and oxygen atoms in total. The molecule has 0 spiro atoms. The van der Waals surface area contributed by atoms with E-state index in [-0.39, 0.29) is 17.6 Å². The second kappa shape index (κ2) is 6.96. The van der Waals surface area contributed by atoms with Crippen LogP contribution >= 0.6 is 0 Å². The SMILES string of the molecule is CC(C)OCCCNC(=O)c1ccnc(F)c1. The minimum absolute atomic E-state index is 0.194. The summed E-state index contributed by atoms with van der Waals surface area (Å²) in [5, 5.41) is 2.69. The molecule has 0 unspecified atom stereocenters. The minimum Gasteiger partial charge on any atom is -0.379 e. The summed E-state index contributed by atoms with van der Waals surface area (Å²) in [6.07, 6.45) is 2.20. The zero-order valence-corrected chi connectivity index (χ0v) is 10.1. The fourth-order valence-corrected chi connectivity index (χ4v) is 1.24. The summed E-state index contributed by atoms with van der Waals surface area (Å²) in [5.74, 6) is -0.948. The molecule has 0 aromatic carbocycles. The first kappa shape index (κ1) is 13.6. The van der Waals surface area contributed by atoms with E-state index in [0.29, 0.717) is 13.2 Å². The van der Waals surface area contributed by atoms with Crippen LogP contribution in [0.5, 0.6) is 0 Å². The Morgan fingerprint density at radius 1 is 1.59 bits per heavy atom. The van der Waals surface area contributed by atoms with Gasteiger partial charge in [0.05, 0.1) is 6.10 Å². The highest BCUT2D eigenvalue weighted by molar-refractivity contribution is 5.93. The number of nitrogens with zero attached hydrogens (tertiary/aromatic N) is 1. The van der Waals surface area contributed by atoms with E-state index in [4.69, 9.17) is 4.74 Å². The van der Waals surface area contributed by atoms with E-state index in [2.05, 4.69) is 10.3 Å². The standard InChI is InChI=1S/C12H17FN2O2/c1-9(2)17-7-3-5-15-12(16)10-4-6-14-11(13)8-10/h4,6,8-9H,3,5,7H2,1-2H3,(H,15,16). The molecule has 0 fully saturated rings. The number of amides is 1. The van der Waals surface area contributed by atoms with Crippen molar-refractivity contribution < 1.29 is 13.9 Å². The maximum Gasteiger partial charge on any atom is 0.251 e. The third kappa shape index (κ3) is 5.40. The smallest absolute Gasteiger partial charge is 0.251 e. The summed E-state index contributed by atoms with van der Waals surface area (Å²) >= 11 is 0.